The van der Waals surface area contributed by atoms with Gasteiger partial charge < -0.3 is 9.30 Å². The summed E-state index contributed by atoms with van der Waals surface area (Å²) < 4.78 is 7.62. The number of ether oxygens (including phenoxy) is 1. The molecule has 1 heterocycles. The first kappa shape index (κ1) is 17.0. The Balaban J connectivity index is 2.02. The number of aryl methyl sites for hydroxylation is 1. The summed E-state index contributed by atoms with van der Waals surface area (Å²) in [6, 6.07) is 15.8. The third-order valence-electron chi connectivity index (χ3n) is 4.46. The highest BCUT2D eigenvalue weighted by Crippen LogP contribution is 2.28. The van der Waals surface area contributed by atoms with Gasteiger partial charge in [-0.1, -0.05) is 26.2 Å². The summed E-state index contributed by atoms with van der Waals surface area (Å²) in [5.41, 5.74) is 3.76. The van der Waals surface area contributed by atoms with E-state index in [1.807, 2.05) is 36.4 Å². The van der Waals surface area contributed by atoms with Crippen LogP contribution in [0.3, 0.4) is 0 Å². The maximum atomic E-state index is 9.01. The lowest BCUT2D eigenvalue weighted by molar-refractivity contribution is 0.415. The van der Waals surface area contributed by atoms with Crippen molar-refractivity contribution in [3.63, 3.8) is 0 Å². The second kappa shape index (κ2) is 7.85. The highest BCUT2D eigenvalue weighted by Gasteiger charge is 2.13. The van der Waals surface area contributed by atoms with Crippen LogP contribution in [-0.4, -0.2) is 16.7 Å². The molecule has 3 aromatic rings. The number of imidazole rings is 1. The molecule has 0 unspecified atom stereocenters. The van der Waals surface area contributed by atoms with E-state index in [-0.39, 0.29) is 0 Å². The molecule has 0 fully saturated rings. The van der Waals surface area contributed by atoms with Crippen molar-refractivity contribution in [2.45, 2.75) is 39.2 Å². The molecule has 0 amide bonds. The molecule has 0 atom stereocenters. The molecular formula is C21H23N3O. The maximum absolute atomic E-state index is 9.01. The Morgan fingerprint density at radius 2 is 1.88 bits per heavy atom. The highest BCUT2D eigenvalue weighted by molar-refractivity contribution is 5.82. The summed E-state index contributed by atoms with van der Waals surface area (Å²) in [5, 5.41) is 9.01. The summed E-state index contributed by atoms with van der Waals surface area (Å²) in [5.74, 6) is 1.76. The van der Waals surface area contributed by atoms with Crippen LogP contribution >= 0.6 is 0 Å². The zero-order valence-corrected chi connectivity index (χ0v) is 14.8. The zero-order valence-electron chi connectivity index (χ0n) is 14.8. The number of nitriles is 1. The number of methoxy groups -OCH3 is 1. The number of hydrogen-bond donors (Lipinski definition) is 0. The van der Waals surface area contributed by atoms with E-state index in [0.29, 0.717) is 5.56 Å². The molecule has 0 radical (unpaired) electrons. The van der Waals surface area contributed by atoms with Gasteiger partial charge in [0.2, 0.25) is 0 Å². The van der Waals surface area contributed by atoms with E-state index in [1.165, 1.54) is 19.3 Å². The minimum atomic E-state index is 0.663. The van der Waals surface area contributed by atoms with E-state index in [4.69, 9.17) is 15.0 Å². The summed E-state index contributed by atoms with van der Waals surface area (Å²) in [6.07, 6.45) is 4.84. The van der Waals surface area contributed by atoms with Crippen LogP contribution in [0.5, 0.6) is 5.75 Å². The Labute approximate surface area is 148 Å². The fraction of sp³-hybridized carbons (Fsp3) is 0.333. The summed E-state index contributed by atoms with van der Waals surface area (Å²) in [7, 11) is 1.67. The lowest BCUT2D eigenvalue weighted by Crippen LogP contribution is -2.01. The number of hydrogen-bond acceptors (Lipinski definition) is 3. The maximum Gasteiger partial charge on any atom is 0.141 e. The quantitative estimate of drug-likeness (QED) is 0.561. The molecule has 1 aromatic heterocycles. The normalized spacial score (nSPS) is 10.8. The predicted octanol–water partition coefficient (Wildman–Crippen LogP) is 5.16. The molecule has 3 rings (SSSR count). The molecule has 0 aliphatic heterocycles. The molecule has 0 saturated carbocycles. The van der Waals surface area contributed by atoms with Gasteiger partial charge in [0, 0.05) is 18.2 Å². The van der Waals surface area contributed by atoms with Gasteiger partial charge in [-0.15, -0.1) is 0 Å². The Hall–Kier alpha value is -2.80. The van der Waals surface area contributed by atoms with Crippen LogP contribution in [0.4, 0.5) is 0 Å². The SMILES string of the molecule is CCCCCCn1c(-c2ccc(C#N)cc2)nc2cc(OC)ccc21. The van der Waals surface area contributed by atoms with Crippen LogP contribution < -0.4 is 4.74 Å². The molecule has 128 valence electrons. The van der Waals surface area contributed by atoms with Gasteiger partial charge in [0.15, 0.2) is 0 Å². The van der Waals surface area contributed by atoms with Gasteiger partial charge >= 0.3 is 0 Å². The van der Waals surface area contributed by atoms with Crippen molar-refractivity contribution >= 4 is 11.0 Å². The van der Waals surface area contributed by atoms with Crippen molar-refractivity contribution in [3.05, 3.63) is 48.0 Å². The monoisotopic (exact) mass is 333 g/mol. The molecule has 25 heavy (non-hydrogen) atoms. The molecule has 0 N–H and O–H groups in total. The third-order valence-corrected chi connectivity index (χ3v) is 4.46. The average molecular weight is 333 g/mol. The summed E-state index contributed by atoms with van der Waals surface area (Å²) in [6.45, 7) is 3.17. The van der Waals surface area contributed by atoms with Crippen LogP contribution in [0, 0.1) is 11.3 Å². The number of unbranched alkanes of at least 4 members (excludes halogenated alkanes) is 3. The van der Waals surface area contributed by atoms with Gasteiger partial charge in [-0.05, 0) is 42.8 Å². The minimum absolute atomic E-state index is 0.663. The van der Waals surface area contributed by atoms with E-state index < -0.39 is 0 Å². The van der Waals surface area contributed by atoms with Gasteiger partial charge in [-0.25, -0.2) is 4.98 Å². The van der Waals surface area contributed by atoms with Crippen molar-refractivity contribution < 1.29 is 4.74 Å². The van der Waals surface area contributed by atoms with Crippen molar-refractivity contribution in [2.24, 2.45) is 0 Å². The lowest BCUT2D eigenvalue weighted by atomic mass is 10.1. The molecule has 0 spiro atoms. The van der Waals surface area contributed by atoms with Crippen molar-refractivity contribution in [3.8, 4) is 23.2 Å². The van der Waals surface area contributed by atoms with E-state index in [1.54, 1.807) is 7.11 Å². The first-order chi connectivity index (χ1) is 12.3. The van der Waals surface area contributed by atoms with Gasteiger partial charge in [-0.2, -0.15) is 5.26 Å². The highest BCUT2D eigenvalue weighted by atomic mass is 16.5. The van der Waals surface area contributed by atoms with Gasteiger partial charge in [0.05, 0.1) is 29.8 Å². The number of rotatable bonds is 7. The smallest absolute Gasteiger partial charge is 0.141 e. The van der Waals surface area contributed by atoms with E-state index in [0.717, 1.165) is 41.1 Å². The molecule has 0 aliphatic carbocycles. The van der Waals surface area contributed by atoms with Gasteiger partial charge in [0.25, 0.3) is 0 Å². The molecular weight excluding hydrogens is 310 g/mol. The second-order valence-electron chi connectivity index (χ2n) is 6.19. The number of fused-ring (bicyclic) bond motifs is 1. The van der Waals surface area contributed by atoms with E-state index >= 15 is 0 Å². The van der Waals surface area contributed by atoms with Crippen molar-refractivity contribution in [1.82, 2.24) is 9.55 Å². The molecule has 0 saturated heterocycles. The van der Waals surface area contributed by atoms with Crippen LogP contribution in [-0.2, 0) is 6.54 Å². The predicted molar refractivity (Wildman–Crippen MR) is 101 cm³/mol. The fourth-order valence-electron chi connectivity index (χ4n) is 3.07. The first-order valence-electron chi connectivity index (χ1n) is 8.81. The average Bonchev–Trinajstić information content (AvgIpc) is 3.03. The Bertz CT molecular complexity index is 888. The Kier molecular flexibility index (Phi) is 5.35. The molecule has 4 heteroatoms. The lowest BCUT2D eigenvalue weighted by Gasteiger charge is -2.09. The topological polar surface area (TPSA) is 50.8 Å². The number of benzene rings is 2. The van der Waals surface area contributed by atoms with Crippen LogP contribution in [0.15, 0.2) is 42.5 Å². The first-order valence-corrected chi connectivity index (χ1v) is 8.81. The Morgan fingerprint density at radius 3 is 2.56 bits per heavy atom. The molecule has 2 aromatic carbocycles. The van der Waals surface area contributed by atoms with Crippen LogP contribution in [0.25, 0.3) is 22.4 Å². The van der Waals surface area contributed by atoms with Crippen molar-refractivity contribution in [1.29, 1.82) is 5.26 Å². The largest absolute Gasteiger partial charge is 0.497 e. The zero-order chi connectivity index (χ0) is 17.6. The molecule has 4 nitrogen and oxygen atoms in total. The third kappa shape index (κ3) is 3.66. The van der Waals surface area contributed by atoms with E-state index in [9.17, 15) is 0 Å². The summed E-state index contributed by atoms with van der Waals surface area (Å²) in [4.78, 5) is 4.85. The second-order valence-corrected chi connectivity index (χ2v) is 6.19. The Morgan fingerprint density at radius 1 is 1.08 bits per heavy atom. The van der Waals surface area contributed by atoms with Crippen molar-refractivity contribution in [2.75, 3.05) is 7.11 Å². The number of aromatic nitrogens is 2. The molecule has 0 aliphatic rings. The van der Waals surface area contributed by atoms with E-state index in [2.05, 4.69) is 23.6 Å². The van der Waals surface area contributed by atoms with Gasteiger partial charge in [-0.3, -0.25) is 0 Å². The fourth-order valence-corrected chi connectivity index (χ4v) is 3.07. The summed E-state index contributed by atoms with van der Waals surface area (Å²) >= 11 is 0. The minimum Gasteiger partial charge on any atom is -0.497 e. The molecule has 0 bridgehead atoms. The van der Waals surface area contributed by atoms with Crippen LogP contribution in [0.1, 0.15) is 38.2 Å². The number of nitrogens with zero attached hydrogens (tertiary/aromatic N) is 3. The van der Waals surface area contributed by atoms with Gasteiger partial charge in [0.1, 0.15) is 11.6 Å². The standard InChI is InChI=1S/C21H23N3O/c1-3-4-5-6-13-24-20-12-11-18(25-2)14-19(20)23-21(24)17-9-7-16(15-22)8-10-17/h7-12,14H,3-6,13H2,1-2H3. The van der Waals surface area contributed by atoms with Crippen LogP contribution in [0.2, 0.25) is 0 Å².